The number of fused-ring (bicyclic) bond motifs is 1. The molecule has 0 radical (unpaired) electrons. The van der Waals surface area contributed by atoms with E-state index < -0.39 is 42.3 Å². The molecule has 2 heterocycles. The van der Waals surface area contributed by atoms with Gasteiger partial charge in [0.05, 0.1) is 29.9 Å². The number of carbonyl (C=O) groups excluding carboxylic acids is 3. The third kappa shape index (κ3) is 7.69. The number of hydrogen-bond acceptors (Lipinski definition) is 10. The number of benzene rings is 4. The second-order valence-corrected chi connectivity index (χ2v) is 11.0. The maximum atomic E-state index is 12.9. The van der Waals surface area contributed by atoms with Gasteiger partial charge in [0.2, 0.25) is 6.79 Å². The van der Waals surface area contributed by atoms with Crippen LogP contribution in [0.5, 0.6) is 17.2 Å². The second kappa shape index (κ2) is 14.3. The minimum absolute atomic E-state index is 0.00193. The maximum Gasteiger partial charge on any atom is 0.343 e. The predicted molar refractivity (Wildman–Crippen MR) is 170 cm³/mol. The van der Waals surface area contributed by atoms with Crippen LogP contribution in [0.4, 0.5) is 0 Å². The Morgan fingerprint density at radius 3 is 1.55 bits per heavy atom. The van der Waals surface area contributed by atoms with Gasteiger partial charge in [0.1, 0.15) is 29.5 Å². The van der Waals surface area contributed by atoms with Gasteiger partial charge < -0.3 is 33.2 Å². The van der Waals surface area contributed by atoms with E-state index in [2.05, 4.69) is 6.58 Å². The molecule has 0 N–H and O–H groups in total. The zero-order valence-corrected chi connectivity index (χ0v) is 25.5. The van der Waals surface area contributed by atoms with Crippen LogP contribution in [0.3, 0.4) is 0 Å². The second-order valence-electron chi connectivity index (χ2n) is 11.0. The van der Waals surface area contributed by atoms with Crippen LogP contribution >= 0.6 is 0 Å². The fraction of sp³-hybridized carbons (Fsp3) is 0.216. The topological polar surface area (TPSA) is 116 Å². The van der Waals surface area contributed by atoms with Crippen LogP contribution in [0.2, 0.25) is 0 Å². The van der Waals surface area contributed by atoms with E-state index in [9.17, 15) is 14.4 Å². The lowest BCUT2D eigenvalue weighted by Gasteiger charge is -2.17. The van der Waals surface area contributed by atoms with Crippen LogP contribution in [0.1, 0.15) is 42.2 Å². The maximum absolute atomic E-state index is 12.9. The molecule has 240 valence electrons. The first kappa shape index (κ1) is 31.5. The highest BCUT2D eigenvalue weighted by Gasteiger charge is 2.51. The van der Waals surface area contributed by atoms with E-state index in [1.807, 2.05) is 43.3 Å². The Balaban J connectivity index is 0.954. The average molecular weight is 637 g/mol. The first-order chi connectivity index (χ1) is 22.9. The molecular weight excluding hydrogens is 604 g/mol. The van der Waals surface area contributed by atoms with Gasteiger partial charge in [0.25, 0.3) is 0 Å². The molecule has 0 amide bonds. The molecule has 1 unspecified atom stereocenters. The van der Waals surface area contributed by atoms with Gasteiger partial charge in [-0.25, -0.2) is 14.4 Å². The van der Waals surface area contributed by atoms with Crippen LogP contribution in [0.25, 0.3) is 6.08 Å². The summed E-state index contributed by atoms with van der Waals surface area (Å²) in [5, 5.41) is 0. The molecule has 10 nitrogen and oxygen atoms in total. The highest BCUT2D eigenvalue weighted by molar-refractivity contribution is 5.92. The molecule has 2 saturated heterocycles. The number of ether oxygens (including phenoxy) is 7. The molecule has 2 fully saturated rings. The van der Waals surface area contributed by atoms with E-state index in [4.69, 9.17) is 33.2 Å². The molecular formula is C37H32O10. The van der Waals surface area contributed by atoms with E-state index in [-0.39, 0.29) is 25.6 Å². The van der Waals surface area contributed by atoms with Gasteiger partial charge in [-0.2, -0.15) is 0 Å². The van der Waals surface area contributed by atoms with Gasteiger partial charge in [0.15, 0.2) is 12.2 Å². The molecule has 6 rings (SSSR count). The summed E-state index contributed by atoms with van der Waals surface area (Å²) in [5.74, 6) is -0.152. The lowest BCUT2D eigenvalue weighted by Crippen LogP contribution is -2.36. The highest BCUT2D eigenvalue weighted by Crippen LogP contribution is 2.32. The summed E-state index contributed by atoms with van der Waals surface area (Å²) >= 11 is 0. The third-order valence-corrected chi connectivity index (χ3v) is 7.72. The number of hydrogen-bond donors (Lipinski definition) is 0. The summed E-state index contributed by atoms with van der Waals surface area (Å²) < 4.78 is 39.6. The molecule has 4 aromatic rings. The van der Waals surface area contributed by atoms with Crippen molar-refractivity contribution < 1.29 is 47.5 Å². The molecule has 0 aliphatic carbocycles. The summed E-state index contributed by atoms with van der Waals surface area (Å²) in [6.45, 7) is 5.84. The fourth-order valence-electron chi connectivity index (χ4n) is 5.11. The van der Waals surface area contributed by atoms with Crippen molar-refractivity contribution in [1.29, 1.82) is 0 Å². The van der Waals surface area contributed by atoms with Gasteiger partial charge in [0, 0.05) is 0 Å². The summed E-state index contributed by atoms with van der Waals surface area (Å²) in [6.07, 6.45) is -0.779. The number of carbonyl (C=O) groups is 3. The Kier molecular flexibility index (Phi) is 9.61. The van der Waals surface area contributed by atoms with Crippen molar-refractivity contribution in [2.75, 3.05) is 20.0 Å². The first-order valence-electron chi connectivity index (χ1n) is 15.0. The minimum atomic E-state index is -0.686. The average Bonchev–Trinajstić information content (AvgIpc) is 3.68. The van der Waals surface area contributed by atoms with E-state index in [1.165, 1.54) is 24.3 Å². The summed E-state index contributed by atoms with van der Waals surface area (Å²) in [6, 6.07) is 27.0. The van der Waals surface area contributed by atoms with E-state index in [0.29, 0.717) is 28.4 Å². The zero-order valence-electron chi connectivity index (χ0n) is 25.5. The first-order valence-corrected chi connectivity index (χ1v) is 15.0. The molecule has 0 saturated carbocycles. The van der Waals surface area contributed by atoms with Crippen LogP contribution in [-0.2, 0) is 18.9 Å². The number of esters is 3. The normalized spacial score (nSPS) is 19.7. The Bertz CT molecular complexity index is 1710. The fourth-order valence-corrected chi connectivity index (χ4v) is 5.11. The largest absolute Gasteiger partial charge is 0.458 e. The lowest BCUT2D eigenvalue weighted by atomic mass is 10.1. The van der Waals surface area contributed by atoms with Gasteiger partial charge in [-0.1, -0.05) is 42.5 Å². The zero-order chi connectivity index (χ0) is 32.8. The number of aryl methyl sites for hydroxylation is 1. The Morgan fingerprint density at radius 1 is 0.638 bits per heavy atom. The SMILES string of the molecule is C=Cc1ccc(OCOc2ccc(C(=O)O[C@@H]3CO[C@@H]4C(OC(=O)c5ccc(OC(=O)c6ccc(C)cc6)cc5)CO[C@@H]43)cc2)cc1. The third-order valence-electron chi connectivity index (χ3n) is 7.72. The predicted octanol–water partition coefficient (Wildman–Crippen LogP) is 5.82. The van der Waals surface area contributed by atoms with Gasteiger partial charge in [-0.15, -0.1) is 0 Å². The standard InChI is InChI=1S/C37H32O10/c1-3-24-6-14-28(15-7-24)43-22-44-29-16-10-26(11-17-29)36(39)46-31-20-41-34-32(21-42-33(31)34)47-37(40)27-12-18-30(19-13-27)45-35(38)25-8-4-23(2)5-9-25/h3-19,31-34H,1,20-22H2,2H3/t31-,32?,33-,34-/m1/s1. The Hall–Kier alpha value is -5.45. The molecule has 0 spiro atoms. The van der Waals surface area contributed by atoms with Crippen molar-refractivity contribution >= 4 is 24.0 Å². The molecule has 0 bridgehead atoms. The van der Waals surface area contributed by atoms with Crippen molar-refractivity contribution in [2.45, 2.75) is 31.3 Å². The number of rotatable bonds is 11. The monoisotopic (exact) mass is 636 g/mol. The van der Waals surface area contributed by atoms with Gasteiger partial charge in [-0.3, -0.25) is 0 Å². The van der Waals surface area contributed by atoms with Crippen molar-refractivity contribution in [2.24, 2.45) is 0 Å². The lowest BCUT2D eigenvalue weighted by molar-refractivity contribution is -0.0287. The summed E-state index contributed by atoms with van der Waals surface area (Å²) in [7, 11) is 0. The Morgan fingerprint density at radius 2 is 1.06 bits per heavy atom. The summed E-state index contributed by atoms with van der Waals surface area (Å²) in [5.41, 5.74) is 3.04. The van der Waals surface area contributed by atoms with Gasteiger partial charge in [-0.05, 0) is 85.3 Å². The van der Waals surface area contributed by atoms with Gasteiger partial charge >= 0.3 is 17.9 Å². The van der Waals surface area contributed by atoms with E-state index in [0.717, 1.165) is 11.1 Å². The molecule has 4 atom stereocenters. The van der Waals surface area contributed by atoms with Crippen molar-refractivity contribution in [3.05, 3.63) is 131 Å². The highest BCUT2D eigenvalue weighted by atomic mass is 16.7. The van der Waals surface area contributed by atoms with Crippen molar-refractivity contribution in [3.63, 3.8) is 0 Å². The van der Waals surface area contributed by atoms with Crippen molar-refractivity contribution in [3.8, 4) is 17.2 Å². The van der Waals surface area contributed by atoms with E-state index >= 15 is 0 Å². The van der Waals surface area contributed by atoms with Crippen LogP contribution < -0.4 is 14.2 Å². The molecule has 2 aliphatic heterocycles. The quantitative estimate of drug-likeness (QED) is 0.113. The molecule has 2 aliphatic rings. The molecule has 0 aromatic heterocycles. The minimum Gasteiger partial charge on any atom is -0.458 e. The Labute approximate surface area is 271 Å². The molecule has 4 aromatic carbocycles. The molecule has 47 heavy (non-hydrogen) atoms. The van der Waals surface area contributed by atoms with Crippen LogP contribution in [-0.4, -0.2) is 62.3 Å². The van der Waals surface area contributed by atoms with E-state index in [1.54, 1.807) is 42.5 Å². The van der Waals surface area contributed by atoms with Crippen LogP contribution in [0, 0.1) is 6.92 Å². The van der Waals surface area contributed by atoms with Crippen molar-refractivity contribution in [1.82, 2.24) is 0 Å². The summed E-state index contributed by atoms with van der Waals surface area (Å²) in [4.78, 5) is 38.1. The van der Waals surface area contributed by atoms with Crippen LogP contribution in [0.15, 0.2) is 104 Å². The smallest absolute Gasteiger partial charge is 0.343 e. The molecule has 10 heteroatoms.